The van der Waals surface area contributed by atoms with Crippen molar-refractivity contribution < 1.29 is 42.1 Å². The van der Waals surface area contributed by atoms with E-state index in [0.717, 1.165) is 51.4 Å². The molecule has 45 heavy (non-hydrogen) atoms. The van der Waals surface area contributed by atoms with Gasteiger partial charge in [0.2, 0.25) is 0 Å². The van der Waals surface area contributed by atoms with E-state index < -0.39 is 26.5 Å². The molecule has 0 aliphatic carbocycles. The van der Waals surface area contributed by atoms with E-state index in [-0.39, 0.29) is 32.0 Å². The first-order valence-electron chi connectivity index (χ1n) is 18.3. The molecule has 10 heteroatoms. The van der Waals surface area contributed by atoms with Gasteiger partial charge in [0.15, 0.2) is 6.10 Å². The van der Waals surface area contributed by atoms with Gasteiger partial charge in [0.1, 0.15) is 19.8 Å². The van der Waals surface area contributed by atoms with Crippen molar-refractivity contribution in [3.8, 4) is 0 Å². The van der Waals surface area contributed by atoms with Crippen LogP contribution in [0.25, 0.3) is 0 Å². The third kappa shape index (κ3) is 32.7. The van der Waals surface area contributed by atoms with Crippen molar-refractivity contribution in [1.82, 2.24) is 0 Å². The first-order chi connectivity index (χ1) is 21.5. The molecule has 0 fully saturated rings. The van der Waals surface area contributed by atoms with Crippen LogP contribution in [0.2, 0.25) is 0 Å². The Morgan fingerprint density at radius 2 is 1.00 bits per heavy atom. The fourth-order valence-electron chi connectivity index (χ4n) is 4.95. The molecule has 1 N–H and O–H groups in total. The van der Waals surface area contributed by atoms with E-state index in [1.165, 1.54) is 83.5 Å². The molecule has 0 radical (unpaired) electrons. The van der Waals surface area contributed by atoms with Crippen molar-refractivity contribution in [2.45, 2.75) is 168 Å². The average molecular weight is 665 g/mol. The zero-order chi connectivity index (χ0) is 33.7. The molecule has 0 saturated heterocycles. The number of ether oxygens (including phenoxy) is 2. The molecule has 0 bridgehead atoms. The highest BCUT2D eigenvalue weighted by Gasteiger charge is 2.27. The number of likely N-dealkylation sites (N-methyl/N-ethyl adjacent to an activating group) is 1. The minimum Gasteiger partial charge on any atom is -0.462 e. The number of carbonyl (C=O) groups excluding carboxylic acids is 2. The molecule has 0 aromatic carbocycles. The smallest absolute Gasteiger partial charge is 0.462 e. The van der Waals surface area contributed by atoms with Gasteiger partial charge in [-0.1, -0.05) is 136 Å². The Hall–Kier alpha value is -0.990. The summed E-state index contributed by atoms with van der Waals surface area (Å²) in [5, 5.41) is 0. The predicted octanol–water partition coefficient (Wildman–Crippen LogP) is 9.29. The van der Waals surface area contributed by atoms with Crippen LogP contribution in [0.5, 0.6) is 0 Å². The number of phosphoric ester groups is 1. The molecule has 2 atom stereocenters. The summed E-state index contributed by atoms with van der Waals surface area (Å²) in [4.78, 5) is 34.8. The maximum absolute atomic E-state index is 12.5. The lowest BCUT2D eigenvalue weighted by atomic mass is 10.0. The molecule has 268 valence electrons. The normalized spacial score (nSPS) is 13.8. The number of phosphoric acid groups is 1. The van der Waals surface area contributed by atoms with Crippen molar-refractivity contribution in [2.75, 3.05) is 47.5 Å². The Kier molecular flexibility index (Phi) is 28.5. The van der Waals surface area contributed by atoms with E-state index in [1.807, 2.05) is 21.1 Å². The van der Waals surface area contributed by atoms with Crippen LogP contribution in [-0.4, -0.2) is 74.9 Å². The van der Waals surface area contributed by atoms with Crippen LogP contribution in [0.4, 0.5) is 0 Å². The fourth-order valence-corrected chi connectivity index (χ4v) is 5.70. The first kappa shape index (κ1) is 44.0. The van der Waals surface area contributed by atoms with Crippen LogP contribution < -0.4 is 0 Å². The van der Waals surface area contributed by atoms with E-state index in [2.05, 4.69) is 13.8 Å². The molecule has 0 aromatic rings. The highest BCUT2D eigenvalue weighted by atomic mass is 31.2. The second kappa shape index (κ2) is 29.2. The topological polar surface area (TPSA) is 108 Å². The predicted molar refractivity (Wildman–Crippen MR) is 183 cm³/mol. The van der Waals surface area contributed by atoms with Gasteiger partial charge in [-0.15, -0.1) is 0 Å². The number of quaternary nitrogens is 1. The van der Waals surface area contributed by atoms with Crippen LogP contribution in [0.1, 0.15) is 162 Å². The molecular formula is C35H71NO8P+. The highest BCUT2D eigenvalue weighted by Crippen LogP contribution is 2.43. The van der Waals surface area contributed by atoms with Crippen molar-refractivity contribution in [1.29, 1.82) is 0 Å². The van der Waals surface area contributed by atoms with Crippen LogP contribution >= 0.6 is 7.82 Å². The second-order valence-corrected chi connectivity index (χ2v) is 15.1. The standard InChI is InChI=1S/C35H70NO8P/c1-6-8-10-12-13-14-15-16-17-18-19-20-21-22-24-26-28-35(38)44-33(31-41-34(37)27-25-23-11-9-7-2)32-43-45(39,40)42-30-29-36(3,4)5/h33H,6-32H2,1-5H3/p+1. The number of hydrogen-bond donors (Lipinski definition) is 1. The third-order valence-corrected chi connectivity index (χ3v) is 8.87. The minimum absolute atomic E-state index is 0.0357. The van der Waals surface area contributed by atoms with Crippen molar-refractivity contribution in [3.05, 3.63) is 0 Å². The summed E-state index contributed by atoms with van der Waals surface area (Å²) in [6.07, 6.45) is 24.7. The van der Waals surface area contributed by atoms with E-state index in [0.29, 0.717) is 11.0 Å². The quantitative estimate of drug-likeness (QED) is 0.0320. The monoisotopic (exact) mass is 664 g/mol. The lowest BCUT2D eigenvalue weighted by Gasteiger charge is -2.24. The zero-order valence-electron chi connectivity index (χ0n) is 29.9. The lowest BCUT2D eigenvalue weighted by Crippen LogP contribution is -2.37. The fraction of sp³-hybridized carbons (Fsp3) is 0.943. The summed E-state index contributed by atoms with van der Waals surface area (Å²) in [5.41, 5.74) is 0. The number of esters is 2. The largest absolute Gasteiger partial charge is 0.472 e. The third-order valence-electron chi connectivity index (χ3n) is 7.89. The molecule has 2 unspecified atom stereocenters. The minimum atomic E-state index is -4.35. The highest BCUT2D eigenvalue weighted by molar-refractivity contribution is 7.47. The summed E-state index contributed by atoms with van der Waals surface area (Å²) in [6.45, 7) is 4.33. The van der Waals surface area contributed by atoms with Gasteiger partial charge in [0.05, 0.1) is 27.7 Å². The van der Waals surface area contributed by atoms with Gasteiger partial charge >= 0.3 is 19.8 Å². The summed E-state index contributed by atoms with van der Waals surface area (Å²) >= 11 is 0. The lowest BCUT2D eigenvalue weighted by molar-refractivity contribution is -0.870. The Morgan fingerprint density at radius 3 is 1.42 bits per heavy atom. The summed E-state index contributed by atoms with van der Waals surface area (Å²) in [7, 11) is 1.48. The first-order valence-corrected chi connectivity index (χ1v) is 19.8. The van der Waals surface area contributed by atoms with Gasteiger partial charge in [-0.25, -0.2) is 4.57 Å². The van der Waals surface area contributed by atoms with Gasteiger partial charge in [-0.2, -0.15) is 0 Å². The van der Waals surface area contributed by atoms with E-state index >= 15 is 0 Å². The van der Waals surface area contributed by atoms with Crippen molar-refractivity contribution >= 4 is 19.8 Å². The van der Waals surface area contributed by atoms with E-state index in [9.17, 15) is 19.0 Å². The molecule has 0 saturated carbocycles. The molecule has 0 aliphatic heterocycles. The molecule has 0 aromatic heterocycles. The van der Waals surface area contributed by atoms with Crippen LogP contribution in [-0.2, 0) is 32.7 Å². The molecule has 0 aliphatic rings. The molecule has 0 heterocycles. The Balaban J connectivity index is 4.28. The molecular weight excluding hydrogens is 593 g/mol. The van der Waals surface area contributed by atoms with E-state index in [4.69, 9.17) is 18.5 Å². The average Bonchev–Trinajstić information content (AvgIpc) is 2.97. The van der Waals surface area contributed by atoms with Gasteiger partial charge in [-0.05, 0) is 12.8 Å². The Morgan fingerprint density at radius 1 is 0.600 bits per heavy atom. The number of hydrogen-bond acceptors (Lipinski definition) is 7. The van der Waals surface area contributed by atoms with Crippen LogP contribution in [0, 0.1) is 0 Å². The number of rotatable bonds is 33. The zero-order valence-corrected chi connectivity index (χ0v) is 30.8. The maximum Gasteiger partial charge on any atom is 0.472 e. The van der Waals surface area contributed by atoms with E-state index in [1.54, 1.807) is 0 Å². The summed E-state index contributed by atoms with van der Waals surface area (Å²) in [6, 6.07) is 0. The second-order valence-electron chi connectivity index (χ2n) is 13.6. The Labute approximate surface area is 276 Å². The molecule has 9 nitrogen and oxygen atoms in total. The number of unbranched alkanes of at least 4 members (excludes halogenated alkanes) is 19. The SMILES string of the molecule is CCCCCCCCCCCCCCCCCCC(=O)OC(COC(=O)CCCCCCC)COP(=O)(O)OCC[N+](C)(C)C. The van der Waals surface area contributed by atoms with Gasteiger partial charge in [0.25, 0.3) is 0 Å². The van der Waals surface area contributed by atoms with Crippen LogP contribution in [0.3, 0.4) is 0 Å². The van der Waals surface area contributed by atoms with Gasteiger partial charge < -0.3 is 18.9 Å². The van der Waals surface area contributed by atoms with Crippen molar-refractivity contribution in [3.63, 3.8) is 0 Å². The number of nitrogens with zero attached hydrogens (tertiary/aromatic N) is 1. The van der Waals surface area contributed by atoms with Gasteiger partial charge in [0, 0.05) is 12.8 Å². The maximum atomic E-state index is 12.5. The summed E-state index contributed by atoms with van der Waals surface area (Å²) in [5.74, 6) is -0.806. The molecule has 0 rings (SSSR count). The summed E-state index contributed by atoms with van der Waals surface area (Å²) < 4.78 is 33.9. The Bertz CT molecular complexity index is 758. The number of carbonyl (C=O) groups is 2. The van der Waals surface area contributed by atoms with Gasteiger partial charge in [-0.3, -0.25) is 18.6 Å². The molecule has 0 amide bonds. The van der Waals surface area contributed by atoms with Crippen molar-refractivity contribution in [2.24, 2.45) is 0 Å². The molecule has 0 spiro atoms. The van der Waals surface area contributed by atoms with Crippen LogP contribution in [0.15, 0.2) is 0 Å².